The van der Waals surface area contributed by atoms with Crippen molar-refractivity contribution >= 4 is 59.8 Å². The first-order chi connectivity index (χ1) is 18.3. The van der Waals surface area contributed by atoms with Crippen molar-refractivity contribution in [3.63, 3.8) is 0 Å². The zero-order valence-electron chi connectivity index (χ0n) is 20.4. The summed E-state index contributed by atoms with van der Waals surface area (Å²) in [5.41, 5.74) is 6.57. The van der Waals surface area contributed by atoms with Gasteiger partial charge in [0.2, 0.25) is 0 Å². The van der Waals surface area contributed by atoms with Crippen molar-refractivity contribution in [1.82, 2.24) is 0 Å². The van der Waals surface area contributed by atoms with Crippen LogP contribution in [0.25, 0.3) is 70.7 Å². The molecule has 0 bridgehead atoms. The van der Waals surface area contributed by atoms with Gasteiger partial charge in [-0.15, -0.1) is 11.3 Å². The average molecular weight is 489 g/mol. The number of allylic oxidation sites excluding steroid dienone is 1. The molecular formula is C36H24S. The molecule has 0 unspecified atom stereocenters. The Bertz CT molecular complexity index is 2000. The highest BCUT2D eigenvalue weighted by atomic mass is 32.1. The minimum Gasteiger partial charge on any atom is -0.139 e. The van der Waals surface area contributed by atoms with Crippen molar-refractivity contribution in [2.45, 2.75) is 12.8 Å². The number of hydrogen-bond donors (Lipinski definition) is 0. The van der Waals surface area contributed by atoms with Crippen LogP contribution >= 0.6 is 11.3 Å². The van der Waals surface area contributed by atoms with Gasteiger partial charge in [-0.1, -0.05) is 109 Å². The van der Waals surface area contributed by atoms with Crippen LogP contribution in [0.4, 0.5) is 0 Å². The average Bonchev–Trinajstić information content (AvgIpc) is 3.36. The van der Waals surface area contributed by atoms with Gasteiger partial charge in [-0.05, 0) is 85.1 Å². The van der Waals surface area contributed by atoms with E-state index in [0.29, 0.717) is 0 Å². The largest absolute Gasteiger partial charge is 0.139 e. The second-order valence-electron chi connectivity index (χ2n) is 9.99. The Labute approximate surface area is 220 Å². The third-order valence-electron chi connectivity index (χ3n) is 7.90. The van der Waals surface area contributed by atoms with Crippen molar-refractivity contribution < 1.29 is 0 Å². The van der Waals surface area contributed by atoms with E-state index in [2.05, 4.69) is 121 Å². The molecule has 0 N–H and O–H groups in total. The Balaban J connectivity index is 1.32. The second kappa shape index (κ2) is 8.16. The van der Waals surface area contributed by atoms with Crippen LogP contribution in [-0.2, 0) is 6.42 Å². The van der Waals surface area contributed by atoms with Gasteiger partial charge in [0, 0.05) is 15.0 Å². The van der Waals surface area contributed by atoms with E-state index in [1.54, 1.807) is 0 Å². The molecule has 37 heavy (non-hydrogen) atoms. The molecule has 174 valence electrons. The van der Waals surface area contributed by atoms with E-state index in [1.165, 1.54) is 75.1 Å². The Morgan fingerprint density at radius 3 is 1.89 bits per heavy atom. The number of thiophene rings is 1. The van der Waals surface area contributed by atoms with Crippen LogP contribution in [-0.4, -0.2) is 0 Å². The van der Waals surface area contributed by atoms with Crippen LogP contribution in [0.1, 0.15) is 16.9 Å². The Kier molecular flexibility index (Phi) is 4.62. The molecule has 0 saturated heterocycles. The molecule has 8 rings (SSSR count). The van der Waals surface area contributed by atoms with E-state index in [-0.39, 0.29) is 0 Å². The Morgan fingerprint density at radius 1 is 0.486 bits per heavy atom. The lowest BCUT2D eigenvalue weighted by atomic mass is 9.91. The van der Waals surface area contributed by atoms with E-state index in [0.717, 1.165) is 12.8 Å². The zero-order chi connectivity index (χ0) is 24.3. The summed E-state index contributed by atoms with van der Waals surface area (Å²) < 4.78 is 1.41. The summed E-state index contributed by atoms with van der Waals surface area (Å²) in [4.78, 5) is 1.52. The van der Waals surface area contributed by atoms with E-state index >= 15 is 0 Å². The Hall–Kier alpha value is -4.20. The fourth-order valence-electron chi connectivity index (χ4n) is 6.15. The van der Waals surface area contributed by atoms with Crippen LogP contribution < -0.4 is 0 Å². The summed E-state index contributed by atoms with van der Waals surface area (Å²) in [6, 6.07) is 40.4. The maximum atomic E-state index is 2.39. The fraction of sp³-hybridized carbons (Fsp3) is 0.0556. The Morgan fingerprint density at radius 2 is 1.11 bits per heavy atom. The van der Waals surface area contributed by atoms with Crippen molar-refractivity contribution in [1.29, 1.82) is 0 Å². The molecule has 6 aromatic carbocycles. The highest BCUT2D eigenvalue weighted by Crippen LogP contribution is 2.42. The van der Waals surface area contributed by atoms with Crippen LogP contribution in [0.5, 0.6) is 0 Å². The molecule has 7 aromatic rings. The van der Waals surface area contributed by atoms with Crippen LogP contribution in [0.2, 0.25) is 0 Å². The lowest BCUT2D eigenvalue weighted by Crippen LogP contribution is -1.87. The predicted octanol–water partition coefficient (Wildman–Crippen LogP) is 10.7. The summed E-state index contributed by atoms with van der Waals surface area (Å²) in [5, 5.41) is 9.30. The lowest BCUT2D eigenvalue weighted by Gasteiger charge is -2.12. The summed E-state index contributed by atoms with van der Waals surface area (Å²) >= 11 is 1.98. The van der Waals surface area contributed by atoms with Crippen LogP contribution in [0.3, 0.4) is 0 Å². The molecule has 0 aliphatic heterocycles. The quantitative estimate of drug-likeness (QED) is 0.212. The van der Waals surface area contributed by atoms with Crippen LogP contribution in [0.15, 0.2) is 115 Å². The molecule has 1 heterocycles. The van der Waals surface area contributed by atoms with E-state index in [4.69, 9.17) is 0 Å². The van der Waals surface area contributed by atoms with Crippen molar-refractivity contribution in [3.8, 4) is 22.3 Å². The highest BCUT2D eigenvalue weighted by Gasteiger charge is 2.16. The zero-order valence-corrected chi connectivity index (χ0v) is 21.2. The minimum atomic E-state index is 1.15. The standard InChI is InChI=1S/C36H24S/c1-2-13-29-27(11-1)28-12-3-4-14-30(28)34-22-24(19-20-31(29)34)23-9-7-10-25(21-23)26-16-8-17-33-32-15-5-6-18-35(32)37-36(26)33/h1-5,7-17,19-22H,6,18H2. The molecule has 0 spiro atoms. The van der Waals surface area contributed by atoms with Gasteiger partial charge in [0.25, 0.3) is 0 Å². The normalized spacial score (nSPS) is 13.1. The minimum absolute atomic E-state index is 1.15. The third-order valence-corrected chi connectivity index (χ3v) is 9.22. The number of benzene rings is 6. The molecule has 0 saturated carbocycles. The maximum absolute atomic E-state index is 2.39. The van der Waals surface area contributed by atoms with Gasteiger partial charge in [0.1, 0.15) is 0 Å². The van der Waals surface area contributed by atoms with E-state index < -0.39 is 0 Å². The third kappa shape index (κ3) is 3.21. The lowest BCUT2D eigenvalue weighted by molar-refractivity contribution is 1.02. The van der Waals surface area contributed by atoms with Gasteiger partial charge in [-0.2, -0.15) is 0 Å². The van der Waals surface area contributed by atoms with Crippen molar-refractivity contribution in [2.75, 3.05) is 0 Å². The van der Waals surface area contributed by atoms with Gasteiger partial charge < -0.3 is 0 Å². The summed E-state index contributed by atoms with van der Waals surface area (Å²) in [5.74, 6) is 0. The molecule has 0 amide bonds. The predicted molar refractivity (Wildman–Crippen MR) is 163 cm³/mol. The fourth-order valence-corrected chi connectivity index (χ4v) is 7.49. The number of aryl methyl sites for hydroxylation is 1. The van der Waals surface area contributed by atoms with Gasteiger partial charge >= 0.3 is 0 Å². The molecule has 0 fully saturated rings. The van der Waals surface area contributed by atoms with Gasteiger partial charge in [-0.3, -0.25) is 0 Å². The second-order valence-corrected chi connectivity index (χ2v) is 11.1. The van der Waals surface area contributed by atoms with Gasteiger partial charge in [0.05, 0.1) is 0 Å². The SMILES string of the molecule is C1=Cc2c(sc3c(-c4cccc(-c5ccc6c7ccccc7c7ccccc7c6c5)c4)cccc23)CC1. The first kappa shape index (κ1) is 20.9. The molecule has 1 aliphatic carbocycles. The topological polar surface area (TPSA) is 0 Å². The van der Waals surface area contributed by atoms with Crippen LogP contribution in [0, 0.1) is 0 Å². The van der Waals surface area contributed by atoms with Crippen molar-refractivity contribution in [2.24, 2.45) is 0 Å². The van der Waals surface area contributed by atoms with Crippen molar-refractivity contribution in [3.05, 3.63) is 126 Å². The number of fused-ring (bicyclic) bond motifs is 9. The van der Waals surface area contributed by atoms with E-state index in [9.17, 15) is 0 Å². The highest BCUT2D eigenvalue weighted by molar-refractivity contribution is 7.20. The molecule has 1 heteroatoms. The molecular weight excluding hydrogens is 464 g/mol. The molecule has 1 aromatic heterocycles. The first-order valence-corrected chi connectivity index (χ1v) is 13.8. The van der Waals surface area contributed by atoms with E-state index in [1.807, 2.05) is 11.3 Å². The molecule has 0 nitrogen and oxygen atoms in total. The maximum Gasteiger partial charge on any atom is 0.0430 e. The molecule has 0 radical (unpaired) electrons. The molecule has 0 atom stereocenters. The summed E-state index contributed by atoms with van der Waals surface area (Å²) in [6.07, 6.45) is 6.94. The van der Waals surface area contributed by atoms with Gasteiger partial charge in [0.15, 0.2) is 0 Å². The van der Waals surface area contributed by atoms with Gasteiger partial charge in [-0.25, -0.2) is 0 Å². The number of rotatable bonds is 2. The monoisotopic (exact) mass is 488 g/mol. The smallest absolute Gasteiger partial charge is 0.0430 e. The number of hydrogen-bond acceptors (Lipinski definition) is 1. The summed E-state index contributed by atoms with van der Waals surface area (Å²) in [7, 11) is 0. The first-order valence-electron chi connectivity index (χ1n) is 13.0. The summed E-state index contributed by atoms with van der Waals surface area (Å²) in [6.45, 7) is 0. The molecule has 1 aliphatic rings.